The van der Waals surface area contributed by atoms with Crippen LogP contribution in [0.2, 0.25) is 0 Å². The Balaban J connectivity index is 1.40. The van der Waals surface area contributed by atoms with Crippen LogP contribution in [-0.4, -0.2) is 16.6 Å². The molecule has 3 aromatic carbocycles. The van der Waals surface area contributed by atoms with Gasteiger partial charge >= 0.3 is 0 Å². The van der Waals surface area contributed by atoms with E-state index in [-0.39, 0.29) is 10.4 Å². The van der Waals surface area contributed by atoms with Crippen LogP contribution in [0.5, 0.6) is 23.0 Å². The van der Waals surface area contributed by atoms with E-state index in [1.54, 1.807) is 24.3 Å². The van der Waals surface area contributed by atoms with Crippen LogP contribution in [0, 0.1) is 0 Å². The third-order valence-electron chi connectivity index (χ3n) is 5.30. The maximum absolute atomic E-state index is 11.9. The summed E-state index contributed by atoms with van der Waals surface area (Å²) < 4.78 is 18.2. The zero-order valence-corrected chi connectivity index (χ0v) is 20.0. The van der Waals surface area contributed by atoms with E-state index in [0.717, 1.165) is 24.2 Å². The van der Waals surface area contributed by atoms with Gasteiger partial charge in [-0.25, -0.2) is 0 Å². The Labute approximate surface area is 203 Å². The van der Waals surface area contributed by atoms with Crippen molar-refractivity contribution in [2.75, 3.05) is 0 Å². The van der Waals surface area contributed by atoms with Crippen molar-refractivity contribution in [1.29, 1.82) is 0 Å². The number of nitrogens with one attached hydrogen (secondary N) is 1. The standard InChI is InChI=1S/C27H27NO5S/c1-3-8-18-9-5-6-12-23(18)31-21-10-7-11-22(17-21)33-24(4-2)32-20-15-13-19(14-16-20)25-26(29)34-27(30)28-25/h5-7,9-17,24-25H,3-4,8H2,1-2H3,(H,28,30). The monoisotopic (exact) mass is 477 g/mol. The summed E-state index contributed by atoms with van der Waals surface area (Å²) in [6.07, 6.45) is 2.12. The number of rotatable bonds is 10. The molecule has 3 aromatic rings. The molecule has 1 aliphatic rings. The number of carbonyl (C=O) groups is 2. The van der Waals surface area contributed by atoms with Gasteiger partial charge in [-0.1, -0.05) is 56.7 Å². The molecule has 176 valence electrons. The fraction of sp³-hybridized carbons (Fsp3) is 0.259. The van der Waals surface area contributed by atoms with Crippen molar-refractivity contribution < 1.29 is 23.8 Å². The van der Waals surface area contributed by atoms with Gasteiger partial charge in [0.15, 0.2) is 0 Å². The molecule has 1 N–H and O–H groups in total. The van der Waals surface area contributed by atoms with E-state index in [2.05, 4.69) is 18.3 Å². The predicted molar refractivity (Wildman–Crippen MR) is 133 cm³/mol. The molecular weight excluding hydrogens is 450 g/mol. The van der Waals surface area contributed by atoms with Crippen molar-refractivity contribution in [2.24, 2.45) is 0 Å². The Hall–Kier alpha value is -3.45. The summed E-state index contributed by atoms with van der Waals surface area (Å²) in [6, 6.07) is 22.0. The average Bonchev–Trinajstić information content (AvgIpc) is 3.18. The molecule has 1 aliphatic heterocycles. The van der Waals surface area contributed by atoms with E-state index >= 15 is 0 Å². The van der Waals surface area contributed by atoms with E-state index in [4.69, 9.17) is 14.2 Å². The SMILES string of the molecule is CCCc1ccccc1Oc1cccc(OC(CC)Oc2ccc(C3NC(=O)SC3=O)cc2)c1. The number of para-hydroxylation sites is 1. The van der Waals surface area contributed by atoms with Crippen LogP contribution in [0.15, 0.2) is 72.8 Å². The second-order valence-corrected chi connectivity index (χ2v) is 8.84. The topological polar surface area (TPSA) is 73.9 Å². The zero-order chi connectivity index (χ0) is 23.9. The van der Waals surface area contributed by atoms with Crippen molar-refractivity contribution in [2.45, 2.75) is 45.4 Å². The van der Waals surface area contributed by atoms with Gasteiger partial charge in [-0.05, 0) is 47.9 Å². The number of ether oxygens (including phenoxy) is 3. The van der Waals surface area contributed by atoms with Crippen molar-refractivity contribution in [3.63, 3.8) is 0 Å². The van der Waals surface area contributed by atoms with Crippen molar-refractivity contribution in [3.8, 4) is 23.0 Å². The molecule has 0 radical (unpaired) electrons. The summed E-state index contributed by atoms with van der Waals surface area (Å²) in [5, 5.41) is 2.13. The quantitative estimate of drug-likeness (QED) is 0.330. The first-order valence-corrected chi connectivity index (χ1v) is 12.2. The van der Waals surface area contributed by atoms with Crippen molar-refractivity contribution in [1.82, 2.24) is 5.32 Å². The Morgan fingerprint density at radius 3 is 2.32 bits per heavy atom. The first-order valence-electron chi connectivity index (χ1n) is 11.4. The Morgan fingerprint density at radius 1 is 0.882 bits per heavy atom. The second-order valence-electron chi connectivity index (χ2n) is 7.86. The molecule has 6 nitrogen and oxygen atoms in total. The average molecular weight is 478 g/mol. The van der Waals surface area contributed by atoms with Gasteiger partial charge in [-0.2, -0.15) is 0 Å². The third kappa shape index (κ3) is 5.91. The third-order valence-corrected chi connectivity index (χ3v) is 6.04. The molecule has 1 fully saturated rings. The van der Waals surface area contributed by atoms with Gasteiger partial charge in [0.05, 0.1) is 0 Å². The number of hydrogen-bond acceptors (Lipinski definition) is 6. The van der Waals surface area contributed by atoms with Crippen LogP contribution in [0.1, 0.15) is 43.9 Å². The lowest BCUT2D eigenvalue weighted by Crippen LogP contribution is -2.23. The summed E-state index contributed by atoms with van der Waals surface area (Å²) in [7, 11) is 0. The van der Waals surface area contributed by atoms with Crippen molar-refractivity contribution in [3.05, 3.63) is 83.9 Å². The largest absolute Gasteiger partial charge is 0.457 e. The van der Waals surface area contributed by atoms with Gasteiger partial charge < -0.3 is 19.5 Å². The molecule has 2 unspecified atom stereocenters. The highest BCUT2D eigenvalue weighted by molar-refractivity contribution is 8.26. The summed E-state index contributed by atoms with van der Waals surface area (Å²) in [5.74, 6) is 2.80. The van der Waals surface area contributed by atoms with Gasteiger partial charge in [0.25, 0.3) is 5.24 Å². The fourth-order valence-electron chi connectivity index (χ4n) is 3.63. The number of hydrogen-bond donors (Lipinski definition) is 1. The minimum atomic E-state index is -0.616. The first kappa shape index (κ1) is 23.7. The minimum absolute atomic E-state index is 0.201. The Kier molecular flexibility index (Phi) is 7.75. The van der Waals surface area contributed by atoms with E-state index in [1.165, 1.54) is 5.56 Å². The van der Waals surface area contributed by atoms with Crippen LogP contribution in [0.3, 0.4) is 0 Å². The molecule has 1 saturated heterocycles. The number of benzene rings is 3. The second kappa shape index (κ2) is 11.1. The summed E-state index contributed by atoms with van der Waals surface area (Å²) in [5.41, 5.74) is 1.89. The van der Waals surface area contributed by atoms with E-state index < -0.39 is 12.3 Å². The molecule has 0 saturated carbocycles. The highest BCUT2D eigenvalue weighted by atomic mass is 32.2. The van der Waals surface area contributed by atoms with Crippen molar-refractivity contribution >= 4 is 22.1 Å². The van der Waals surface area contributed by atoms with Gasteiger partial charge in [0.1, 0.15) is 29.0 Å². The van der Waals surface area contributed by atoms with Gasteiger partial charge in [0, 0.05) is 24.2 Å². The molecule has 7 heteroatoms. The molecule has 34 heavy (non-hydrogen) atoms. The summed E-state index contributed by atoms with van der Waals surface area (Å²) in [6.45, 7) is 4.12. The molecule has 4 rings (SSSR count). The van der Waals surface area contributed by atoms with E-state index in [1.807, 2.05) is 49.4 Å². The van der Waals surface area contributed by atoms with Crippen LogP contribution >= 0.6 is 11.8 Å². The Bertz CT molecular complexity index is 1150. The summed E-state index contributed by atoms with van der Waals surface area (Å²) in [4.78, 5) is 23.3. The summed E-state index contributed by atoms with van der Waals surface area (Å²) >= 11 is 0.697. The highest BCUT2D eigenvalue weighted by Gasteiger charge is 2.32. The lowest BCUT2D eigenvalue weighted by atomic mass is 10.1. The van der Waals surface area contributed by atoms with Gasteiger partial charge in [-0.15, -0.1) is 0 Å². The van der Waals surface area contributed by atoms with Crippen LogP contribution in [-0.2, 0) is 11.2 Å². The Morgan fingerprint density at radius 2 is 1.62 bits per heavy atom. The number of carbonyl (C=O) groups excluding carboxylic acids is 2. The number of amides is 1. The van der Waals surface area contributed by atoms with Crippen LogP contribution < -0.4 is 19.5 Å². The lowest BCUT2D eigenvalue weighted by molar-refractivity contribution is -0.112. The van der Waals surface area contributed by atoms with E-state index in [9.17, 15) is 9.59 Å². The zero-order valence-electron chi connectivity index (χ0n) is 19.2. The molecule has 0 bridgehead atoms. The fourth-order valence-corrected chi connectivity index (χ4v) is 4.30. The van der Waals surface area contributed by atoms with Gasteiger partial charge in [-0.3, -0.25) is 9.59 Å². The number of thioether (sulfide) groups is 1. The normalized spacial score (nSPS) is 16.1. The molecule has 2 atom stereocenters. The van der Waals surface area contributed by atoms with Gasteiger partial charge in [0.2, 0.25) is 11.4 Å². The highest BCUT2D eigenvalue weighted by Crippen LogP contribution is 2.31. The molecule has 0 aliphatic carbocycles. The maximum Gasteiger partial charge on any atom is 0.287 e. The first-order chi connectivity index (χ1) is 16.6. The maximum atomic E-state index is 11.9. The van der Waals surface area contributed by atoms with E-state index in [0.29, 0.717) is 35.4 Å². The molecular formula is C27H27NO5S. The number of aryl methyl sites for hydroxylation is 1. The molecule has 0 aromatic heterocycles. The molecule has 0 spiro atoms. The minimum Gasteiger partial charge on any atom is -0.457 e. The lowest BCUT2D eigenvalue weighted by Gasteiger charge is -2.20. The predicted octanol–water partition coefficient (Wildman–Crippen LogP) is 6.65. The van der Waals surface area contributed by atoms with Crippen LogP contribution in [0.4, 0.5) is 4.79 Å². The molecule has 1 heterocycles. The van der Waals surface area contributed by atoms with Crippen LogP contribution in [0.25, 0.3) is 0 Å². The smallest absolute Gasteiger partial charge is 0.287 e. The molecule has 1 amide bonds.